The predicted octanol–water partition coefficient (Wildman–Crippen LogP) is 6.53. The number of anilines is 1. The number of carbonyl (C=O) groups excluding carboxylic acids is 4. The first-order valence-corrected chi connectivity index (χ1v) is 17.5. The van der Waals surface area contributed by atoms with Crippen molar-refractivity contribution in [3.8, 4) is 17.2 Å². The Labute approximate surface area is 305 Å². The maximum Gasteiger partial charge on any atom is 0.260 e. The summed E-state index contributed by atoms with van der Waals surface area (Å²) in [5.74, 6) is -5.49. The van der Waals surface area contributed by atoms with Gasteiger partial charge in [-0.3, -0.25) is 29.5 Å². The minimum atomic E-state index is -1.51. The summed E-state index contributed by atoms with van der Waals surface area (Å²) >= 11 is 6.36. The van der Waals surface area contributed by atoms with Crippen molar-refractivity contribution in [3.05, 3.63) is 100 Å². The average Bonchev–Trinajstić information content (AvgIpc) is 3.50. The molecule has 12 heteroatoms. The monoisotopic (exact) mass is 727 g/mol. The third-order valence-electron chi connectivity index (χ3n) is 11.0. The highest BCUT2D eigenvalue weighted by molar-refractivity contribution is 6.30. The Morgan fingerprint density at radius 3 is 2.15 bits per heavy atom. The number of phenols is 1. The van der Waals surface area contributed by atoms with Gasteiger partial charge in [0.25, 0.3) is 11.8 Å². The number of ether oxygens (including phenoxy) is 2. The van der Waals surface area contributed by atoms with Crippen molar-refractivity contribution in [2.24, 2.45) is 29.6 Å². The van der Waals surface area contributed by atoms with E-state index in [0.29, 0.717) is 28.3 Å². The zero-order chi connectivity index (χ0) is 37.3. The number of imide groups is 2. The Hall–Kier alpha value is -5.16. The molecule has 2 N–H and O–H groups in total. The van der Waals surface area contributed by atoms with Crippen LogP contribution in [0.2, 0.25) is 5.02 Å². The van der Waals surface area contributed by atoms with Crippen LogP contribution in [0, 0.1) is 35.4 Å². The van der Waals surface area contributed by atoms with E-state index in [9.17, 15) is 23.9 Å². The van der Waals surface area contributed by atoms with Crippen molar-refractivity contribution in [3.63, 3.8) is 0 Å². The first kappa shape index (κ1) is 35.3. The molecule has 7 rings (SSSR count). The van der Waals surface area contributed by atoms with Gasteiger partial charge in [-0.05, 0) is 99.2 Å². The van der Waals surface area contributed by atoms with Crippen LogP contribution in [-0.4, -0.2) is 58.4 Å². The van der Waals surface area contributed by atoms with E-state index in [1.165, 1.54) is 43.4 Å². The summed E-state index contributed by atoms with van der Waals surface area (Å²) in [6, 6.07) is 15.4. The Balaban J connectivity index is 1.44. The van der Waals surface area contributed by atoms with Crippen molar-refractivity contribution >= 4 is 47.0 Å². The molecule has 4 aliphatic rings. The van der Waals surface area contributed by atoms with Crippen molar-refractivity contribution < 1.29 is 38.1 Å². The van der Waals surface area contributed by atoms with Gasteiger partial charge in [0.2, 0.25) is 17.6 Å². The van der Waals surface area contributed by atoms with Crippen molar-refractivity contribution in [2.75, 3.05) is 19.6 Å². The minimum absolute atomic E-state index is 0.129. The first-order valence-electron chi connectivity index (χ1n) is 17.1. The predicted molar refractivity (Wildman–Crippen MR) is 192 cm³/mol. The maximum absolute atomic E-state index is 15.2. The molecule has 0 bridgehead atoms. The van der Waals surface area contributed by atoms with Gasteiger partial charge in [-0.15, -0.1) is 0 Å². The van der Waals surface area contributed by atoms with Crippen LogP contribution in [-0.2, 0) is 24.6 Å². The van der Waals surface area contributed by atoms with Gasteiger partial charge < -0.3 is 14.6 Å². The number of hydrazine groups is 1. The Morgan fingerprint density at radius 2 is 1.56 bits per heavy atom. The summed E-state index contributed by atoms with van der Waals surface area (Å²) in [5.41, 5.74) is 2.91. The quantitative estimate of drug-likeness (QED) is 0.208. The summed E-state index contributed by atoms with van der Waals surface area (Å²) in [7, 11) is 2.84. The molecule has 0 radical (unpaired) electrons. The summed E-state index contributed by atoms with van der Waals surface area (Å²) in [6.07, 6.45) is 6.01. The smallest absolute Gasteiger partial charge is 0.260 e. The SMILES string of the molecule is COc1cc(C=C[C@H]2C3=CC[C@@H]4C(=O)N(C(C)(C)C)C(=O)[C@@H]4[C@@H]3C[C@H]3C(=O)N(Nc4ccc(F)cc4)C(=O)[C@@]23c2ccc(Cl)cc2)cc(OC)c1O. The molecule has 52 heavy (non-hydrogen) atoms. The molecule has 3 aromatic rings. The Bertz CT molecular complexity index is 2020. The van der Waals surface area contributed by atoms with E-state index >= 15 is 4.79 Å². The van der Waals surface area contributed by atoms with Crippen molar-refractivity contribution in [2.45, 2.75) is 44.6 Å². The van der Waals surface area contributed by atoms with E-state index < -0.39 is 58.2 Å². The van der Waals surface area contributed by atoms with Crippen LogP contribution in [0.15, 0.2) is 78.4 Å². The summed E-state index contributed by atoms with van der Waals surface area (Å²) in [5, 5.41) is 12.0. The average molecular weight is 728 g/mol. The molecule has 2 aliphatic heterocycles. The summed E-state index contributed by atoms with van der Waals surface area (Å²) < 4.78 is 24.6. The molecule has 10 nitrogen and oxygen atoms in total. The largest absolute Gasteiger partial charge is 0.502 e. The number of aromatic hydroxyl groups is 1. The number of halogens is 2. The van der Waals surface area contributed by atoms with Crippen LogP contribution >= 0.6 is 11.6 Å². The fourth-order valence-electron chi connectivity index (χ4n) is 8.78. The van der Waals surface area contributed by atoms with Gasteiger partial charge in [0.15, 0.2) is 11.5 Å². The van der Waals surface area contributed by atoms with Crippen molar-refractivity contribution in [1.29, 1.82) is 0 Å². The molecule has 0 unspecified atom stereocenters. The van der Waals surface area contributed by atoms with Gasteiger partial charge in [0, 0.05) is 16.5 Å². The standard InChI is InChI=1S/C40H39ClFN3O7/c1-39(2,3)44-35(47)27-16-15-26-28(33(27)37(44)49)20-30-36(48)45(43-25-13-11-24(42)12-14-25)38(50)40(30,22-7-9-23(41)10-8-22)29(26)17-6-21-18-31(51-4)34(46)32(19-21)52-5/h6-15,17-19,27-30,33,43,46H,16,20H2,1-5H3/t27-,28+,29-,30-,33-,40-/m0/s1. The lowest BCUT2D eigenvalue weighted by Gasteiger charge is -2.49. The van der Waals surface area contributed by atoms with Gasteiger partial charge in [-0.2, -0.15) is 5.01 Å². The van der Waals surface area contributed by atoms with Gasteiger partial charge in [-0.25, -0.2) is 4.39 Å². The fraction of sp³-hybridized carbons (Fsp3) is 0.350. The summed E-state index contributed by atoms with van der Waals surface area (Å²) in [4.78, 5) is 59.3. The third-order valence-corrected chi connectivity index (χ3v) is 11.2. The number of hydrogen-bond acceptors (Lipinski definition) is 8. The van der Waals surface area contributed by atoms with E-state index in [2.05, 4.69) is 5.43 Å². The van der Waals surface area contributed by atoms with Gasteiger partial charge in [-0.1, -0.05) is 47.5 Å². The molecular formula is C40H39ClFN3O7. The van der Waals surface area contributed by atoms with E-state index in [-0.39, 0.29) is 35.5 Å². The second-order valence-electron chi connectivity index (χ2n) is 14.7. The van der Waals surface area contributed by atoms with Gasteiger partial charge in [0.05, 0.1) is 43.1 Å². The van der Waals surface area contributed by atoms with Crippen molar-refractivity contribution in [1.82, 2.24) is 9.91 Å². The maximum atomic E-state index is 15.2. The van der Waals surface area contributed by atoms with Gasteiger partial charge >= 0.3 is 0 Å². The number of allylic oxidation sites excluding steroid dienone is 3. The number of phenolic OH excluding ortho intramolecular Hbond substituents is 1. The number of nitrogens with one attached hydrogen (secondary N) is 1. The highest BCUT2D eigenvalue weighted by Gasteiger charge is 2.70. The first-order chi connectivity index (χ1) is 24.7. The molecule has 0 aromatic heterocycles. The van der Waals surface area contributed by atoms with E-state index in [1.807, 2.05) is 32.9 Å². The molecule has 2 saturated heterocycles. The lowest BCUT2D eigenvalue weighted by molar-refractivity contribution is -0.146. The molecule has 0 spiro atoms. The van der Waals surface area contributed by atoms with Crippen LogP contribution in [0.5, 0.6) is 17.2 Å². The number of methoxy groups -OCH3 is 2. The van der Waals surface area contributed by atoms with E-state index in [4.69, 9.17) is 21.1 Å². The number of benzene rings is 3. The highest BCUT2D eigenvalue weighted by atomic mass is 35.5. The van der Waals surface area contributed by atoms with Crippen LogP contribution in [0.25, 0.3) is 6.08 Å². The number of amides is 4. The molecule has 3 aromatic carbocycles. The Kier molecular flexibility index (Phi) is 8.68. The number of nitrogens with zero attached hydrogens (tertiary/aromatic N) is 2. The molecule has 3 fully saturated rings. The number of rotatable bonds is 7. The number of fused-ring (bicyclic) bond motifs is 4. The lowest BCUT2D eigenvalue weighted by Crippen LogP contribution is -2.54. The molecule has 6 atom stereocenters. The van der Waals surface area contributed by atoms with Gasteiger partial charge in [0.1, 0.15) is 5.82 Å². The van der Waals surface area contributed by atoms with E-state index in [1.54, 1.807) is 42.5 Å². The molecule has 270 valence electrons. The normalized spacial score (nSPS) is 27.1. The second-order valence-corrected chi connectivity index (χ2v) is 15.2. The Morgan fingerprint density at radius 1 is 0.923 bits per heavy atom. The highest BCUT2D eigenvalue weighted by Crippen LogP contribution is 2.62. The molecule has 2 aliphatic carbocycles. The van der Waals surface area contributed by atoms with Crippen LogP contribution in [0.4, 0.5) is 10.1 Å². The number of carbonyl (C=O) groups is 4. The molecule has 1 saturated carbocycles. The van der Waals surface area contributed by atoms with Crippen LogP contribution in [0.3, 0.4) is 0 Å². The topological polar surface area (TPSA) is 125 Å². The number of hydrogen-bond donors (Lipinski definition) is 2. The van der Waals surface area contributed by atoms with Crippen LogP contribution < -0.4 is 14.9 Å². The zero-order valence-electron chi connectivity index (χ0n) is 29.4. The third kappa shape index (κ3) is 5.36. The molecular weight excluding hydrogens is 689 g/mol. The lowest BCUT2D eigenvalue weighted by atomic mass is 9.50. The second kappa shape index (κ2) is 12.8. The molecule has 4 amide bonds. The zero-order valence-corrected chi connectivity index (χ0v) is 30.1. The molecule has 2 heterocycles. The summed E-state index contributed by atoms with van der Waals surface area (Å²) in [6.45, 7) is 5.47. The fourth-order valence-corrected chi connectivity index (χ4v) is 8.91. The number of likely N-dealkylation sites (tertiary alicyclic amines) is 1. The van der Waals surface area contributed by atoms with E-state index in [0.717, 1.165) is 10.6 Å². The van der Waals surface area contributed by atoms with Crippen LogP contribution in [0.1, 0.15) is 44.7 Å². The minimum Gasteiger partial charge on any atom is -0.502 e.